The Morgan fingerprint density at radius 3 is 2.72 bits per heavy atom. The van der Waals surface area contributed by atoms with Crippen molar-refractivity contribution < 1.29 is 13.2 Å². The molecular weight excluding hydrogens is 258 g/mol. The summed E-state index contributed by atoms with van der Waals surface area (Å²) in [6.07, 6.45) is 2.14. The number of nitrogens with two attached hydrogens (primary N) is 1. The van der Waals surface area contributed by atoms with Crippen LogP contribution in [-0.4, -0.2) is 36.2 Å². The second-order valence-electron chi connectivity index (χ2n) is 4.06. The fourth-order valence-corrected chi connectivity index (χ4v) is 3.64. The first kappa shape index (κ1) is 12.8. The van der Waals surface area contributed by atoms with E-state index >= 15 is 0 Å². The van der Waals surface area contributed by atoms with E-state index in [1.807, 2.05) is 0 Å². The Balaban J connectivity index is 2.39. The van der Waals surface area contributed by atoms with Crippen molar-refractivity contribution in [3.8, 4) is 0 Å². The zero-order chi connectivity index (χ0) is 13.3. The van der Waals surface area contributed by atoms with Gasteiger partial charge in [-0.2, -0.15) is 4.31 Å². The zero-order valence-corrected chi connectivity index (χ0v) is 10.3. The van der Waals surface area contributed by atoms with Crippen molar-refractivity contribution in [2.45, 2.75) is 23.8 Å². The summed E-state index contributed by atoms with van der Waals surface area (Å²) in [4.78, 5) is 24.4. The second-order valence-corrected chi connectivity index (χ2v) is 5.96. The summed E-state index contributed by atoms with van der Waals surface area (Å²) in [5.41, 5.74) is 4.80. The Kier molecular flexibility index (Phi) is 3.22. The molecule has 18 heavy (non-hydrogen) atoms. The summed E-state index contributed by atoms with van der Waals surface area (Å²) in [6.45, 7) is 0.259. The van der Waals surface area contributed by atoms with E-state index in [0.717, 1.165) is 16.6 Å². The van der Waals surface area contributed by atoms with Gasteiger partial charge in [0.2, 0.25) is 21.5 Å². The Labute approximate surface area is 104 Å². The molecule has 1 aliphatic rings. The third-order valence-electron chi connectivity index (χ3n) is 2.89. The highest BCUT2D eigenvalue weighted by atomic mass is 32.2. The van der Waals surface area contributed by atoms with Gasteiger partial charge in [-0.25, -0.2) is 8.42 Å². The van der Waals surface area contributed by atoms with Crippen molar-refractivity contribution in [3.05, 3.63) is 28.7 Å². The number of hydrogen-bond acceptors (Lipinski definition) is 4. The van der Waals surface area contributed by atoms with Gasteiger partial charge in [0.25, 0.3) is 0 Å². The molecule has 2 heterocycles. The van der Waals surface area contributed by atoms with Gasteiger partial charge in [-0.05, 0) is 18.9 Å². The Morgan fingerprint density at radius 2 is 2.17 bits per heavy atom. The predicted molar refractivity (Wildman–Crippen MR) is 63.2 cm³/mol. The third kappa shape index (κ3) is 2.16. The van der Waals surface area contributed by atoms with Crippen LogP contribution in [-0.2, 0) is 14.8 Å². The maximum absolute atomic E-state index is 12.3. The summed E-state index contributed by atoms with van der Waals surface area (Å²) in [5, 5.41) is 0. The molecule has 1 saturated heterocycles. The highest BCUT2D eigenvalue weighted by molar-refractivity contribution is 7.89. The molecule has 0 bridgehead atoms. The van der Waals surface area contributed by atoms with E-state index in [1.54, 1.807) is 0 Å². The van der Waals surface area contributed by atoms with Crippen molar-refractivity contribution in [2.75, 3.05) is 6.54 Å². The molecule has 1 fully saturated rings. The Bertz CT molecular complexity index is 602. The van der Waals surface area contributed by atoms with E-state index in [-0.39, 0.29) is 17.0 Å². The molecule has 8 heteroatoms. The van der Waals surface area contributed by atoms with Crippen molar-refractivity contribution in [1.29, 1.82) is 0 Å². The Morgan fingerprint density at radius 1 is 1.44 bits per heavy atom. The number of H-pyrrole nitrogens is 1. The number of carbonyl (C=O) groups excluding carboxylic acids is 1. The van der Waals surface area contributed by atoms with E-state index < -0.39 is 22.0 Å². The van der Waals surface area contributed by atoms with Crippen LogP contribution in [0.5, 0.6) is 0 Å². The number of nitrogens with one attached hydrogen (secondary N) is 1. The molecule has 1 aliphatic heterocycles. The van der Waals surface area contributed by atoms with Gasteiger partial charge in [0.15, 0.2) is 0 Å². The number of hydrogen-bond donors (Lipinski definition) is 2. The van der Waals surface area contributed by atoms with Gasteiger partial charge in [-0.1, -0.05) is 0 Å². The predicted octanol–water partition coefficient (Wildman–Crippen LogP) is -0.987. The maximum atomic E-state index is 12.3. The number of primary amides is 1. The van der Waals surface area contributed by atoms with Crippen LogP contribution in [0.25, 0.3) is 0 Å². The number of rotatable bonds is 3. The molecule has 1 aromatic rings. The van der Waals surface area contributed by atoms with Crippen molar-refractivity contribution in [2.24, 2.45) is 5.73 Å². The first-order valence-corrected chi connectivity index (χ1v) is 6.87. The summed E-state index contributed by atoms with van der Waals surface area (Å²) in [7, 11) is -3.79. The molecular formula is C10H13N3O4S. The minimum atomic E-state index is -3.79. The number of aromatic nitrogens is 1. The largest absolute Gasteiger partial charge is 0.368 e. The van der Waals surface area contributed by atoms with Gasteiger partial charge in [-0.3, -0.25) is 9.59 Å². The number of nitrogens with zero attached hydrogens (tertiary/aromatic N) is 1. The standard InChI is InChI=1S/C10H13N3O4S/c11-10(15)8-2-1-5-13(8)18(16,17)7-3-4-9(14)12-6-7/h3-4,6,8H,1-2,5H2,(H2,11,15)(H,12,14). The van der Waals surface area contributed by atoms with Crippen LogP contribution in [0, 0.1) is 0 Å². The smallest absolute Gasteiger partial charge is 0.247 e. The molecule has 2 rings (SSSR count). The van der Waals surface area contributed by atoms with Crippen molar-refractivity contribution in [1.82, 2.24) is 9.29 Å². The third-order valence-corrected chi connectivity index (χ3v) is 4.80. The van der Waals surface area contributed by atoms with Gasteiger partial charge in [0, 0.05) is 18.8 Å². The van der Waals surface area contributed by atoms with Gasteiger partial charge in [0.05, 0.1) is 4.90 Å². The fraction of sp³-hybridized carbons (Fsp3) is 0.400. The molecule has 1 amide bonds. The number of aromatic amines is 1. The minimum Gasteiger partial charge on any atom is -0.368 e. The van der Waals surface area contributed by atoms with E-state index in [4.69, 9.17) is 5.73 Å². The molecule has 0 aromatic carbocycles. The Hall–Kier alpha value is -1.67. The van der Waals surface area contributed by atoms with Crippen LogP contribution in [0.2, 0.25) is 0 Å². The van der Waals surface area contributed by atoms with Crippen molar-refractivity contribution >= 4 is 15.9 Å². The summed E-state index contributed by atoms with van der Waals surface area (Å²) in [6, 6.07) is 1.54. The van der Waals surface area contributed by atoms with Crippen LogP contribution in [0.3, 0.4) is 0 Å². The highest BCUT2D eigenvalue weighted by Crippen LogP contribution is 2.24. The van der Waals surface area contributed by atoms with Crippen molar-refractivity contribution in [3.63, 3.8) is 0 Å². The van der Waals surface area contributed by atoms with Gasteiger partial charge in [-0.15, -0.1) is 0 Å². The topological polar surface area (TPSA) is 113 Å². The first-order valence-electron chi connectivity index (χ1n) is 5.43. The van der Waals surface area contributed by atoms with E-state index in [0.29, 0.717) is 12.8 Å². The van der Waals surface area contributed by atoms with Gasteiger partial charge in [0.1, 0.15) is 6.04 Å². The van der Waals surface area contributed by atoms with E-state index in [1.165, 1.54) is 6.07 Å². The lowest BCUT2D eigenvalue weighted by molar-refractivity contribution is -0.121. The number of carbonyl (C=O) groups is 1. The molecule has 0 radical (unpaired) electrons. The molecule has 0 spiro atoms. The van der Waals surface area contributed by atoms with Crippen LogP contribution < -0.4 is 11.3 Å². The molecule has 0 saturated carbocycles. The summed E-state index contributed by atoms with van der Waals surface area (Å²) in [5.74, 6) is -0.652. The normalized spacial score (nSPS) is 21.0. The SMILES string of the molecule is NC(=O)C1CCCN1S(=O)(=O)c1ccc(=O)[nH]c1. The molecule has 98 valence electrons. The van der Waals surface area contributed by atoms with Gasteiger partial charge < -0.3 is 10.7 Å². The molecule has 0 aliphatic carbocycles. The minimum absolute atomic E-state index is 0.0461. The molecule has 7 nitrogen and oxygen atoms in total. The average molecular weight is 271 g/mol. The quantitative estimate of drug-likeness (QED) is 0.735. The summed E-state index contributed by atoms with van der Waals surface area (Å²) >= 11 is 0. The van der Waals surface area contributed by atoms with E-state index in [9.17, 15) is 18.0 Å². The summed E-state index contributed by atoms with van der Waals surface area (Å²) < 4.78 is 25.6. The molecule has 1 unspecified atom stereocenters. The highest BCUT2D eigenvalue weighted by Gasteiger charge is 2.38. The molecule has 1 aromatic heterocycles. The fourth-order valence-electron chi connectivity index (χ4n) is 2.00. The zero-order valence-electron chi connectivity index (χ0n) is 9.50. The molecule has 1 atom stereocenters. The van der Waals surface area contributed by atoms with Gasteiger partial charge >= 0.3 is 0 Å². The first-order chi connectivity index (χ1) is 8.43. The maximum Gasteiger partial charge on any atom is 0.247 e. The number of pyridine rings is 1. The van der Waals surface area contributed by atoms with Crippen LogP contribution >= 0.6 is 0 Å². The molecule has 3 N–H and O–H groups in total. The second kappa shape index (κ2) is 4.54. The monoisotopic (exact) mass is 271 g/mol. The van der Waals surface area contributed by atoms with Crippen LogP contribution in [0.4, 0.5) is 0 Å². The lowest BCUT2D eigenvalue weighted by atomic mass is 10.2. The average Bonchev–Trinajstić information content (AvgIpc) is 2.79. The van der Waals surface area contributed by atoms with Crippen LogP contribution in [0.15, 0.2) is 28.0 Å². The number of amides is 1. The van der Waals surface area contributed by atoms with E-state index in [2.05, 4.69) is 4.98 Å². The lowest BCUT2D eigenvalue weighted by Crippen LogP contribution is -2.43. The van der Waals surface area contributed by atoms with Crippen LogP contribution in [0.1, 0.15) is 12.8 Å². The lowest BCUT2D eigenvalue weighted by Gasteiger charge is -2.21. The number of sulfonamides is 1.